The van der Waals surface area contributed by atoms with Gasteiger partial charge in [-0.3, -0.25) is 0 Å². The van der Waals surface area contributed by atoms with E-state index in [2.05, 4.69) is 42.5 Å². The predicted octanol–water partition coefficient (Wildman–Crippen LogP) is 6.34. The van der Waals surface area contributed by atoms with Gasteiger partial charge in [0.1, 0.15) is 23.9 Å². The summed E-state index contributed by atoms with van der Waals surface area (Å²) in [5.74, 6) is 2.36. The van der Waals surface area contributed by atoms with E-state index in [1.54, 1.807) is 0 Å². The van der Waals surface area contributed by atoms with Crippen LogP contribution < -0.4 is 9.47 Å². The van der Waals surface area contributed by atoms with Crippen molar-refractivity contribution in [3.05, 3.63) is 114 Å². The van der Waals surface area contributed by atoms with Crippen molar-refractivity contribution in [1.82, 2.24) is 0 Å². The molecule has 0 spiro atoms. The third-order valence-electron chi connectivity index (χ3n) is 4.22. The van der Waals surface area contributed by atoms with Crippen LogP contribution in [0.5, 0.6) is 11.5 Å². The summed E-state index contributed by atoms with van der Waals surface area (Å²) in [7, 11) is 0. The second kappa shape index (κ2) is 8.24. The van der Waals surface area contributed by atoms with E-state index in [0.717, 1.165) is 22.8 Å². The maximum atomic E-state index is 6.09. The Morgan fingerprint density at radius 3 is 2.00 bits per heavy atom. The van der Waals surface area contributed by atoms with Crippen LogP contribution in [-0.2, 0) is 0 Å². The second-order valence-electron chi connectivity index (χ2n) is 6.23. The minimum absolute atomic E-state index is 0.353. The number of hydrogen-bond acceptors (Lipinski definition) is 2. The standard InChI is InChI=1S/C25H20O2/c1-3-11-23(12-4-1)26-19-25(27-24-13-5-2-6-14-24)18-20-15-16-21-9-7-8-10-22(21)17-20/h1-18H,19H2/b25-18-. The van der Waals surface area contributed by atoms with Crippen LogP contribution in [0.1, 0.15) is 5.56 Å². The lowest BCUT2D eigenvalue weighted by Crippen LogP contribution is -2.07. The Kier molecular flexibility index (Phi) is 5.16. The highest BCUT2D eigenvalue weighted by atomic mass is 16.5. The Hall–Kier alpha value is -3.52. The first-order valence-electron chi connectivity index (χ1n) is 8.97. The molecule has 0 aliphatic rings. The Balaban J connectivity index is 1.61. The molecule has 0 aliphatic carbocycles. The first kappa shape index (κ1) is 16.9. The minimum atomic E-state index is 0.353. The summed E-state index contributed by atoms with van der Waals surface area (Å²) in [6.07, 6.45) is 2.03. The second-order valence-corrected chi connectivity index (χ2v) is 6.23. The Morgan fingerprint density at radius 1 is 0.630 bits per heavy atom. The van der Waals surface area contributed by atoms with E-state index in [1.807, 2.05) is 66.7 Å². The fourth-order valence-electron chi connectivity index (χ4n) is 2.90. The maximum Gasteiger partial charge on any atom is 0.146 e. The van der Waals surface area contributed by atoms with Gasteiger partial charge in [0.05, 0.1) is 0 Å². The number of para-hydroxylation sites is 2. The lowest BCUT2D eigenvalue weighted by molar-refractivity contribution is 0.283. The molecule has 0 aromatic heterocycles. The van der Waals surface area contributed by atoms with Gasteiger partial charge in [0.15, 0.2) is 0 Å². The smallest absolute Gasteiger partial charge is 0.146 e. The van der Waals surface area contributed by atoms with E-state index in [1.165, 1.54) is 10.8 Å². The van der Waals surface area contributed by atoms with Crippen LogP contribution in [-0.4, -0.2) is 6.61 Å². The van der Waals surface area contributed by atoms with Crippen molar-refractivity contribution in [3.8, 4) is 11.5 Å². The molecule has 0 heterocycles. The summed E-state index contributed by atoms with van der Waals surface area (Å²) in [5, 5.41) is 2.43. The number of hydrogen-bond donors (Lipinski definition) is 0. The quantitative estimate of drug-likeness (QED) is 0.377. The molecule has 132 valence electrons. The summed E-state index contributed by atoms with van der Waals surface area (Å²) >= 11 is 0. The molecule has 27 heavy (non-hydrogen) atoms. The molecule has 0 N–H and O–H groups in total. The number of fused-ring (bicyclic) bond motifs is 1. The van der Waals surface area contributed by atoms with Crippen molar-refractivity contribution in [2.75, 3.05) is 6.61 Å². The first-order valence-corrected chi connectivity index (χ1v) is 8.97. The molecule has 0 bridgehead atoms. The zero-order chi connectivity index (χ0) is 18.3. The van der Waals surface area contributed by atoms with Gasteiger partial charge in [-0.15, -0.1) is 0 Å². The lowest BCUT2D eigenvalue weighted by Gasteiger charge is -2.12. The zero-order valence-corrected chi connectivity index (χ0v) is 14.9. The molecule has 0 saturated carbocycles. The molecule has 0 saturated heterocycles. The van der Waals surface area contributed by atoms with Crippen molar-refractivity contribution >= 4 is 16.8 Å². The summed E-state index contributed by atoms with van der Waals surface area (Å²) in [4.78, 5) is 0. The molecule has 0 amide bonds. The van der Waals surface area contributed by atoms with Gasteiger partial charge in [0.2, 0.25) is 0 Å². The molecular formula is C25H20O2. The summed E-state index contributed by atoms with van der Waals surface area (Å²) in [6.45, 7) is 0.353. The lowest BCUT2D eigenvalue weighted by atomic mass is 10.1. The zero-order valence-electron chi connectivity index (χ0n) is 14.9. The highest BCUT2D eigenvalue weighted by Gasteiger charge is 2.04. The molecule has 0 atom stereocenters. The molecular weight excluding hydrogens is 332 g/mol. The number of rotatable bonds is 6. The fourth-order valence-corrected chi connectivity index (χ4v) is 2.90. The SMILES string of the molecule is C(=C(\COc1ccccc1)Oc1ccccc1)/c1ccc2ccccc2c1. The molecule has 0 fully saturated rings. The molecule has 2 nitrogen and oxygen atoms in total. The maximum absolute atomic E-state index is 6.09. The van der Waals surface area contributed by atoms with Crippen LogP contribution in [0.4, 0.5) is 0 Å². The molecule has 0 radical (unpaired) electrons. The van der Waals surface area contributed by atoms with Gasteiger partial charge >= 0.3 is 0 Å². The molecule has 0 unspecified atom stereocenters. The minimum Gasteiger partial charge on any atom is -0.486 e. The molecule has 4 aromatic carbocycles. The van der Waals surface area contributed by atoms with Crippen LogP contribution in [0.25, 0.3) is 16.8 Å². The van der Waals surface area contributed by atoms with Crippen LogP contribution in [0.15, 0.2) is 109 Å². The van der Waals surface area contributed by atoms with E-state index in [-0.39, 0.29) is 0 Å². The van der Waals surface area contributed by atoms with Crippen LogP contribution in [0, 0.1) is 0 Å². The van der Waals surface area contributed by atoms with Gasteiger partial charge in [-0.05, 0) is 52.7 Å². The average molecular weight is 352 g/mol. The van der Waals surface area contributed by atoms with Crippen molar-refractivity contribution in [1.29, 1.82) is 0 Å². The topological polar surface area (TPSA) is 18.5 Å². The summed E-state index contributed by atoms with van der Waals surface area (Å²) in [5.41, 5.74) is 1.08. The predicted molar refractivity (Wildman–Crippen MR) is 111 cm³/mol. The number of ether oxygens (including phenoxy) is 2. The van der Waals surface area contributed by atoms with Gasteiger partial charge in [0, 0.05) is 0 Å². The third kappa shape index (κ3) is 4.56. The fraction of sp³-hybridized carbons (Fsp3) is 0.0400. The largest absolute Gasteiger partial charge is 0.486 e. The first-order chi connectivity index (χ1) is 13.4. The van der Waals surface area contributed by atoms with Crippen molar-refractivity contribution in [2.24, 2.45) is 0 Å². The van der Waals surface area contributed by atoms with Crippen LogP contribution in [0.3, 0.4) is 0 Å². The third-order valence-corrected chi connectivity index (χ3v) is 4.22. The van der Waals surface area contributed by atoms with E-state index in [0.29, 0.717) is 6.61 Å². The highest BCUT2D eigenvalue weighted by molar-refractivity contribution is 5.84. The van der Waals surface area contributed by atoms with E-state index in [4.69, 9.17) is 9.47 Å². The monoisotopic (exact) mass is 352 g/mol. The molecule has 4 aromatic rings. The summed E-state index contributed by atoms with van der Waals surface area (Å²) < 4.78 is 12.0. The van der Waals surface area contributed by atoms with Crippen molar-refractivity contribution < 1.29 is 9.47 Å². The van der Waals surface area contributed by atoms with Crippen LogP contribution in [0.2, 0.25) is 0 Å². The molecule has 2 heteroatoms. The highest BCUT2D eigenvalue weighted by Crippen LogP contribution is 2.20. The Morgan fingerprint density at radius 2 is 1.26 bits per heavy atom. The van der Waals surface area contributed by atoms with E-state index in [9.17, 15) is 0 Å². The molecule has 0 aliphatic heterocycles. The number of benzene rings is 4. The van der Waals surface area contributed by atoms with Gasteiger partial charge in [-0.2, -0.15) is 0 Å². The summed E-state index contributed by atoms with van der Waals surface area (Å²) in [6, 6.07) is 34.3. The average Bonchev–Trinajstić information content (AvgIpc) is 2.73. The normalized spacial score (nSPS) is 11.3. The van der Waals surface area contributed by atoms with E-state index >= 15 is 0 Å². The Bertz CT molecular complexity index is 1040. The van der Waals surface area contributed by atoms with Crippen LogP contribution >= 0.6 is 0 Å². The Labute approximate surface area is 159 Å². The van der Waals surface area contributed by atoms with Gasteiger partial charge < -0.3 is 9.47 Å². The van der Waals surface area contributed by atoms with Gasteiger partial charge in [-0.1, -0.05) is 72.8 Å². The van der Waals surface area contributed by atoms with Crippen molar-refractivity contribution in [3.63, 3.8) is 0 Å². The molecule has 4 rings (SSSR count). The van der Waals surface area contributed by atoms with E-state index < -0.39 is 0 Å². The van der Waals surface area contributed by atoms with Crippen molar-refractivity contribution in [2.45, 2.75) is 0 Å². The van der Waals surface area contributed by atoms with Gasteiger partial charge in [-0.25, -0.2) is 0 Å². The van der Waals surface area contributed by atoms with Gasteiger partial charge in [0.25, 0.3) is 0 Å².